The number of hydrogen-bond acceptors (Lipinski definition) is 4. The molecule has 15 heavy (non-hydrogen) atoms. The van der Waals surface area contributed by atoms with Gasteiger partial charge in [-0.05, 0) is 6.04 Å². The van der Waals surface area contributed by atoms with Gasteiger partial charge in [0.15, 0.2) is 0 Å². The topological polar surface area (TPSA) is 55.2 Å². The van der Waals surface area contributed by atoms with Crippen LogP contribution < -0.4 is 4.74 Å². The summed E-state index contributed by atoms with van der Waals surface area (Å²) < 4.78 is 5.53. The minimum absolute atomic E-state index is 0.0802. The van der Waals surface area contributed by atoms with Crippen molar-refractivity contribution in [3.05, 3.63) is 18.1 Å². The Hall–Kier alpha value is -0.943. The maximum atomic E-state index is 9.03. The second-order valence-electron chi connectivity index (χ2n) is 4.67. The summed E-state index contributed by atoms with van der Waals surface area (Å²) in [4.78, 5) is 7.82. The Balaban J connectivity index is 2.50. The van der Waals surface area contributed by atoms with Gasteiger partial charge in [-0.1, -0.05) is 19.6 Å². The van der Waals surface area contributed by atoms with Crippen LogP contribution in [0.1, 0.15) is 5.56 Å². The summed E-state index contributed by atoms with van der Waals surface area (Å²) in [5.74, 6) is 0.505. The molecule has 1 rings (SSSR count). The third-order valence-electron chi connectivity index (χ3n) is 2.01. The summed E-state index contributed by atoms with van der Waals surface area (Å²) in [6.07, 6.45) is 3.01. The van der Waals surface area contributed by atoms with Gasteiger partial charge in [-0.3, -0.25) is 0 Å². The fourth-order valence-electron chi connectivity index (χ4n) is 1.04. The van der Waals surface area contributed by atoms with Gasteiger partial charge < -0.3 is 9.84 Å². The van der Waals surface area contributed by atoms with Gasteiger partial charge in [-0.25, -0.2) is 9.97 Å². The fraction of sp³-hybridized carbons (Fsp3) is 0.600. The first-order valence-corrected chi connectivity index (χ1v) is 8.76. The van der Waals surface area contributed by atoms with Crippen LogP contribution in [0.2, 0.25) is 25.7 Å². The molecule has 0 bridgehead atoms. The van der Waals surface area contributed by atoms with Crippen molar-refractivity contribution in [1.82, 2.24) is 9.97 Å². The molecule has 0 radical (unpaired) electrons. The number of ether oxygens (including phenoxy) is 1. The number of aliphatic hydroxyl groups is 1. The molecule has 4 nitrogen and oxygen atoms in total. The summed E-state index contributed by atoms with van der Waals surface area (Å²) in [6.45, 7) is 7.47. The molecule has 0 aromatic carbocycles. The first-order valence-electron chi connectivity index (χ1n) is 5.05. The standard InChI is InChI=1S/C10H18N2O2Si/c1-15(2,3)5-4-14-10-9(7-13)6-11-8-12-10/h6,8,13H,4-5,7H2,1-3H3. The molecule has 5 heteroatoms. The van der Waals surface area contributed by atoms with Crippen LogP contribution in [0, 0.1) is 0 Å². The minimum Gasteiger partial charge on any atom is -0.478 e. The molecular weight excluding hydrogens is 208 g/mol. The van der Waals surface area contributed by atoms with Gasteiger partial charge in [-0.2, -0.15) is 0 Å². The SMILES string of the molecule is C[Si](C)(C)CCOc1ncncc1CO. The Kier molecular flexibility index (Phi) is 4.23. The second-order valence-corrected chi connectivity index (χ2v) is 10.3. The number of rotatable bonds is 5. The molecule has 0 saturated carbocycles. The molecule has 0 aliphatic heterocycles. The van der Waals surface area contributed by atoms with Crippen molar-refractivity contribution in [1.29, 1.82) is 0 Å². The zero-order valence-electron chi connectivity index (χ0n) is 9.53. The van der Waals surface area contributed by atoms with E-state index in [9.17, 15) is 0 Å². The van der Waals surface area contributed by atoms with E-state index in [2.05, 4.69) is 29.6 Å². The Bertz CT molecular complexity index is 313. The predicted molar refractivity (Wildman–Crippen MR) is 61.6 cm³/mol. The molecule has 1 aromatic heterocycles. The van der Waals surface area contributed by atoms with Crippen LogP contribution >= 0.6 is 0 Å². The average Bonchev–Trinajstić information content (AvgIpc) is 2.16. The summed E-state index contributed by atoms with van der Waals surface area (Å²) >= 11 is 0. The van der Waals surface area contributed by atoms with Crippen molar-refractivity contribution in [3.8, 4) is 5.88 Å². The van der Waals surface area contributed by atoms with Crippen LogP contribution in [0.3, 0.4) is 0 Å². The van der Waals surface area contributed by atoms with Gasteiger partial charge in [0.05, 0.1) is 18.8 Å². The average molecular weight is 226 g/mol. The number of aromatic nitrogens is 2. The van der Waals surface area contributed by atoms with Crippen LogP contribution in [-0.4, -0.2) is 29.8 Å². The van der Waals surface area contributed by atoms with E-state index in [0.29, 0.717) is 18.1 Å². The maximum absolute atomic E-state index is 9.03. The van der Waals surface area contributed by atoms with E-state index >= 15 is 0 Å². The monoisotopic (exact) mass is 226 g/mol. The van der Waals surface area contributed by atoms with Gasteiger partial charge in [0.25, 0.3) is 0 Å². The molecule has 0 unspecified atom stereocenters. The van der Waals surface area contributed by atoms with E-state index in [4.69, 9.17) is 9.84 Å². The van der Waals surface area contributed by atoms with E-state index in [1.807, 2.05) is 0 Å². The lowest BCUT2D eigenvalue weighted by Gasteiger charge is -2.16. The zero-order valence-corrected chi connectivity index (χ0v) is 10.5. The predicted octanol–water partition coefficient (Wildman–Crippen LogP) is 1.69. The Morgan fingerprint density at radius 1 is 1.40 bits per heavy atom. The van der Waals surface area contributed by atoms with Gasteiger partial charge in [0.2, 0.25) is 5.88 Å². The van der Waals surface area contributed by atoms with Crippen molar-refractivity contribution in [2.75, 3.05) is 6.61 Å². The highest BCUT2D eigenvalue weighted by atomic mass is 28.3. The molecule has 84 valence electrons. The molecule has 0 fully saturated rings. The molecule has 0 amide bonds. The van der Waals surface area contributed by atoms with Gasteiger partial charge in [0.1, 0.15) is 6.33 Å². The maximum Gasteiger partial charge on any atom is 0.221 e. The lowest BCUT2D eigenvalue weighted by Crippen LogP contribution is -2.22. The summed E-state index contributed by atoms with van der Waals surface area (Å²) in [6, 6.07) is 1.09. The number of hydrogen-bond donors (Lipinski definition) is 1. The molecule has 1 aromatic rings. The molecule has 0 atom stereocenters. The van der Waals surface area contributed by atoms with Crippen molar-refractivity contribution in [3.63, 3.8) is 0 Å². The van der Waals surface area contributed by atoms with Crippen LogP contribution in [0.15, 0.2) is 12.5 Å². The van der Waals surface area contributed by atoms with Crippen molar-refractivity contribution >= 4 is 8.07 Å². The van der Waals surface area contributed by atoms with Crippen molar-refractivity contribution in [2.45, 2.75) is 32.3 Å². The van der Waals surface area contributed by atoms with Crippen molar-refractivity contribution in [2.24, 2.45) is 0 Å². The molecule has 1 N–H and O–H groups in total. The Morgan fingerprint density at radius 2 is 2.13 bits per heavy atom. The molecule has 0 saturated heterocycles. The first kappa shape index (κ1) is 12.1. The fourth-order valence-corrected chi connectivity index (χ4v) is 1.75. The Labute approximate surface area is 91.3 Å². The van der Waals surface area contributed by atoms with Gasteiger partial charge >= 0.3 is 0 Å². The highest BCUT2D eigenvalue weighted by Crippen LogP contribution is 2.14. The van der Waals surface area contributed by atoms with Crippen LogP contribution in [0.25, 0.3) is 0 Å². The third kappa shape index (κ3) is 4.40. The summed E-state index contributed by atoms with van der Waals surface area (Å²) in [7, 11) is -1.07. The molecule has 1 heterocycles. The number of nitrogens with zero attached hydrogens (tertiary/aromatic N) is 2. The molecular formula is C10H18N2O2Si. The van der Waals surface area contributed by atoms with E-state index in [1.165, 1.54) is 6.33 Å². The number of aliphatic hydroxyl groups excluding tert-OH is 1. The van der Waals surface area contributed by atoms with E-state index in [0.717, 1.165) is 6.04 Å². The smallest absolute Gasteiger partial charge is 0.221 e. The normalized spacial score (nSPS) is 11.5. The van der Waals surface area contributed by atoms with Crippen LogP contribution in [0.5, 0.6) is 5.88 Å². The largest absolute Gasteiger partial charge is 0.478 e. The van der Waals surface area contributed by atoms with E-state index in [-0.39, 0.29) is 6.61 Å². The quantitative estimate of drug-likeness (QED) is 0.776. The van der Waals surface area contributed by atoms with Crippen molar-refractivity contribution < 1.29 is 9.84 Å². The lowest BCUT2D eigenvalue weighted by molar-refractivity contribution is 0.261. The van der Waals surface area contributed by atoms with Crippen LogP contribution in [-0.2, 0) is 6.61 Å². The lowest BCUT2D eigenvalue weighted by atomic mass is 10.3. The first-order chi connectivity index (χ1) is 7.03. The highest BCUT2D eigenvalue weighted by molar-refractivity contribution is 6.76. The van der Waals surface area contributed by atoms with E-state index in [1.54, 1.807) is 6.20 Å². The summed E-state index contributed by atoms with van der Waals surface area (Å²) in [5.41, 5.74) is 0.646. The third-order valence-corrected chi connectivity index (χ3v) is 3.71. The molecule has 0 aliphatic rings. The van der Waals surface area contributed by atoms with Gasteiger partial charge in [0, 0.05) is 14.3 Å². The second kappa shape index (κ2) is 5.23. The minimum atomic E-state index is -1.07. The molecule has 0 spiro atoms. The zero-order chi connectivity index (χ0) is 11.3. The van der Waals surface area contributed by atoms with E-state index < -0.39 is 8.07 Å². The summed E-state index contributed by atoms with van der Waals surface area (Å²) in [5, 5.41) is 9.03. The van der Waals surface area contributed by atoms with Crippen LogP contribution in [0.4, 0.5) is 0 Å². The Morgan fingerprint density at radius 3 is 2.73 bits per heavy atom. The molecule has 0 aliphatic carbocycles. The van der Waals surface area contributed by atoms with Gasteiger partial charge in [-0.15, -0.1) is 0 Å². The highest BCUT2D eigenvalue weighted by Gasteiger charge is 2.13.